The van der Waals surface area contributed by atoms with Crippen molar-refractivity contribution < 1.29 is 37.7 Å². The number of benzene rings is 2. The monoisotopic (exact) mass is 449 g/mol. The number of aromatic amines is 1. The van der Waals surface area contributed by atoms with E-state index in [-0.39, 0.29) is 5.75 Å². The summed E-state index contributed by atoms with van der Waals surface area (Å²) in [7, 11) is 3.20. The summed E-state index contributed by atoms with van der Waals surface area (Å²) in [5, 5.41) is 27.4. The molecule has 0 aliphatic heterocycles. The van der Waals surface area contributed by atoms with Gasteiger partial charge in [0.2, 0.25) is 0 Å². The zero-order valence-corrected chi connectivity index (χ0v) is 17.1. The van der Waals surface area contributed by atoms with Crippen LogP contribution in [0.1, 0.15) is 5.69 Å². The van der Waals surface area contributed by atoms with E-state index >= 15 is 0 Å². The van der Waals surface area contributed by atoms with Crippen LogP contribution in [0.25, 0.3) is 33.1 Å². The first-order valence-corrected chi connectivity index (χ1v) is 9.07. The summed E-state index contributed by atoms with van der Waals surface area (Å²) in [5.41, 5.74) is 2.80. The zero-order chi connectivity index (χ0) is 23.6. The number of methoxy groups -OCH3 is 2. The van der Waals surface area contributed by atoms with Gasteiger partial charge in [-0.1, -0.05) is 12.1 Å². The van der Waals surface area contributed by atoms with Gasteiger partial charge in [-0.05, 0) is 31.2 Å². The summed E-state index contributed by atoms with van der Waals surface area (Å²) < 4.78 is 42.6. The second kappa shape index (κ2) is 8.61. The molecule has 0 unspecified atom stereocenters. The van der Waals surface area contributed by atoms with Crippen molar-refractivity contribution in [2.75, 3.05) is 14.2 Å². The average Bonchev–Trinajstić information content (AvgIpc) is 3.13. The number of alkyl halides is 3. The number of carbonyl (C=O) groups is 1. The Bertz CT molecular complexity index is 1300. The number of nitrogens with zero attached hydrogens (tertiary/aromatic N) is 2. The number of ether oxygens (including phenoxy) is 2. The van der Waals surface area contributed by atoms with Crippen molar-refractivity contribution in [3.63, 3.8) is 0 Å². The molecule has 8 nitrogen and oxygen atoms in total. The lowest BCUT2D eigenvalue weighted by atomic mass is 10.00. The molecule has 4 aromatic rings. The van der Waals surface area contributed by atoms with Gasteiger partial charge in [0.1, 0.15) is 5.75 Å². The number of carboxylic acid groups (broad SMARTS) is 1. The van der Waals surface area contributed by atoms with Crippen LogP contribution in [0.5, 0.6) is 17.2 Å². The van der Waals surface area contributed by atoms with Crippen molar-refractivity contribution in [2.45, 2.75) is 13.1 Å². The van der Waals surface area contributed by atoms with E-state index < -0.39 is 12.1 Å². The molecular formula is C21H18F3N3O5. The number of H-pyrrole nitrogens is 1. The van der Waals surface area contributed by atoms with Crippen molar-refractivity contribution in [1.29, 1.82) is 0 Å². The molecule has 0 atom stereocenters. The fraction of sp³-hybridized carbons (Fsp3) is 0.190. The molecule has 0 radical (unpaired) electrons. The van der Waals surface area contributed by atoms with Crippen LogP contribution in [0.3, 0.4) is 0 Å². The van der Waals surface area contributed by atoms with E-state index in [1.165, 1.54) is 0 Å². The minimum absolute atomic E-state index is 0.165. The van der Waals surface area contributed by atoms with Gasteiger partial charge in [-0.2, -0.15) is 18.3 Å². The molecule has 0 spiro atoms. The number of hydrogen-bond donors (Lipinski definition) is 3. The number of halogens is 3. The number of aliphatic carboxylic acids is 1. The largest absolute Gasteiger partial charge is 0.507 e. The first-order valence-electron chi connectivity index (χ1n) is 9.07. The van der Waals surface area contributed by atoms with Crippen LogP contribution in [0.15, 0.2) is 36.4 Å². The molecule has 0 saturated carbocycles. The van der Waals surface area contributed by atoms with E-state index in [0.717, 1.165) is 21.9 Å². The second-order valence-corrected chi connectivity index (χ2v) is 6.58. The van der Waals surface area contributed by atoms with Crippen molar-refractivity contribution in [1.82, 2.24) is 15.2 Å². The number of para-hydroxylation sites is 1. The maximum atomic E-state index is 10.6. The van der Waals surface area contributed by atoms with Crippen LogP contribution in [0.2, 0.25) is 0 Å². The van der Waals surface area contributed by atoms with Gasteiger partial charge in [0.25, 0.3) is 0 Å². The fourth-order valence-corrected chi connectivity index (χ4v) is 3.15. The molecule has 0 fully saturated rings. The van der Waals surface area contributed by atoms with Gasteiger partial charge in [0.15, 0.2) is 17.1 Å². The van der Waals surface area contributed by atoms with E-state index in [4.69, 9.17) is 19.4 Å². The van der Waals surface area contributed by atoms with Crippen LogP contribution < -0.4 is 9.47 Å². The number of rotatable bonds is 3. The van der Waals surface area contributed by atoms with E-state index in [2.05, 4.69) is 15.2 Å². The molecule has 3 N–H and O–H groups in total. The Morgan fingerprint density at radius 3 is 2.16 bits per heavy atom. The molecule has 0 aliphatic rings. The van der Waals surface area contributed by atoms with Gasteiger partial charge >= 0.3 is 12.1 Å². The quantitative estimate of drug-likeness (QED) is 0.423. The zero-order valence-electron chi connectivity index (χ0n) is 17.1. The number of aromatic nitrogens is 3. The molecule has 0 bridgehead atoms. The number of fused-ring (bicyclic) bond motifs is 3. The molecule has 2 aromatic heterocycles. The molecule has 11 heteroatoms. The Hall–Kier alpha value is -4.02. The molecule has 4 rings (SSSR count). The van der Waals surface area contributed by atoms with E-state index in [1.54, 1.807) is 26.4 Å². The standard InChI is InChI=1S/C19H17N3O3.C2HF3O2/c1-10-17-12-8-15(24-2)16(25-3)9-13(12)18(20-19(17)22-21-10)11-6-4-5-7-14(11)23;3-2(4,5)1(6)7/h4-9,23H,1-3H3,(H,20,21,22);(H,6,7). The molecule has 0 aliphatic carbocycles. The maximum Gasteiger partial charge on any atom is 0.490 e. The van der Waals surface area contributed by atoms with E-state index in [0.29, 0.717) is 28.4 Å². The number of aromatic hydroxyl groups is 1. The third-order valence-electron chi connectivity index (χ3n) is 4.60. The number of phenols is 1. The maximum absolute atomic E-state index is 10.6. The predicted octanol–water partition coefficient (Wildman–Crippen LogP) is 4.44. The highest BCUT2D eigenvalue weighted by Crippen LogP contribution is 2.41. The minimum Gasteiger partial charge on any atom is -0.507 e. The number of phenolic OH excluding ortho intramolecular Hbond substituents is 1. The third kappa shape index (κ3) is 4.22. The normalized spacial score (nSPS) is 11.2. The first-order chi connectivity index (χ1) is 15.1. The van der Waals surface area contributed by atoms with Gasteiger partial charge in [-0.25, -0.2) is 9.78 Å². The SMILES string of the molecule is COc1cc2c(-c3ccccc3O)nc3n[nH]c(C)c3c2cc1OC.O=C(O)C(F)(F)F. The van der Waals surface area contributed by atoms with Gasteiger partial charge in [0.05, 0.1) is 19.9 Å². The van der Waals surface area contributed by atoms with Gasteiger partial charge in [0, 0.05) is 27.4 Å². The summed E-state index contributed by atoms with van der Waals surface area (Å²) in [6.45, 7) is 1.95. The Morgan fingerprint density at radius 1 is 1.06 bits per heavy atom. The summed E-state index contributed by atoms with van der Waals surface area (Å²) in [6.07, 6.45) is -5.08. The summed E-state index contributed by atoms with van der Waals surface area (Å²) in [4.78, 5) is 13.6. The fourth-order valence-electron chi connectivity index (χ4n) is 3.15. The lowest BCUT2D eigenvalue weighted by molar-refractivity contribution is -0.192. The molecule has 32 heavy (non-hydrogen) atoms. The predicted molar refractivity (Wildman–Crippen MR) is 110 cm³/mol. The third-order valence-corrected chi connectivity index (χ3v) is 4.60. The van der Waals surface area contributed by atoms with E-state index in [9.17, 15) is 18.3 Å². The van der Waals surface area contributed by atoms with Crippen LogP contribution in [0.4, 0.5) is 13.2 Å². The Kier molecular flexibility index (Phi) is 6.10. The lowest BCUT2D eigenvalue weighted by Crippen LogP contribution is -2.21. The van der Waals surface area contributed by atoms with Gasteiger partial charge in [-0.3, -0.25) is 5.10 Å². The molecule has 0 amide bonds. The van der Waals surface area contributed by atoms with Crippen LogP contribution >= 0.6 is 0 Å². The number of pyridine rings is 1. The Labute approximate surface area is 179 Å². The topological polar surface area (TPSA) is 118 Å². The average molecular weight is 449 g/mol. The van der Waals surface area contributed by atoms with Gasteiger partial charge < -0.3 is 19.7 Å². The van der Waals surface area contributed by atoms with Gasteiger partial charge in [-0.15, -0.1) is 0 Å². The number of nitrogens with one attached hydrogen (secondary N) is 1. The first kappa shape index (κ1) is 22.7. The highest BCUT2D eigenvalue weighted by molar-refractivity contribution is 6.12. The van der Waals surface area contributed by atoms with Crippen molar-refractivity contribution in [2.24, 2.45) is 0 Å². The summed E-state index contributed by atoms with van der Waals surface area (Å²) in [5.74, 6) is -1.36. The molecule has 168 valence electrons. The van der Waals surface area contributed by atoms with Crippen LogP contribution in [0, 0.1) is 6.92 Å². The minimum atomic E-state index is -5.08. The molecule has 2 aromatic carbocycles. The summed E-state index contributed by atoms with van der Waals surface area (Å²) in [6, 6.07) is 10.9. The molecular weight excluding hydrogens is 431 g/mol. The van der Waals surface area contributed by atoms with Crippen molar-refractivity contribution in [3.8, 4) is 28.5 Å². The van der Waals surface area contributed by atoms with Crippen LogP contribution in [-0.2, 0) is 4.79 Å². The van der Waals surface area contributed by atoms with Crippen LogP contribution in [-0.4, -0.2) is 51.8 Å². The highest BCUT2D eigenvalue weighted by atomic mass is 19.4. The summed E-state index contributed by atoms with van der Waals surface area (Å²) >= 11 is 0. The van der Waals surface area contributed by atoms with Crippen molar-refractivity contribution in [3.05, 3.63) is 42.1 Å². The molecule has 2 heterocycles. The Morgan fingerprint density at radius 2 is 1.62 bits per heavy atom. The molecule has 0 saturated heterocycles. The smallest absolute Gasteiger partial charge is 0.490 e. The number of carboxylic acids is 1. The Balaban J connectivity index is 0.000000360. The van der Waals surface area contributed by atoms with E-state index in [1.807, 2.05) is 31.2 Å². The number of aryl methyl sites for hydroxylation is 1. The second-order valence-electron chi connectivity index (χ2n) is 6.58. The highest BCUT2D eigenvalue weighted by Gasteiger charge is 2.38. The number of hydrogen-bond acceptors (Lipinski definition) is 6. The lowest BCUT2D eigenvalue weighted by Gasteiger charge is -2.13. The van der Waals surface area contributed by atoms with Crippen molar-refractivity contribution >= 4 is 27.8 Å².